The van der Waals surface area contributed by atoms with Gasteiger partial charge in [-0.15, -0.1) is 0 Å². The third-order valence-electron chi connectivity index (χ3n) is 2.59. The molecule has 0 aromatic carbocycles. The molecule has 0 bridgehead atoms. The van der Waals surface area contributed by atoms with Gasteiger partial charge in [0.25, 0.3) is 0 Å². The Kier molecular flexibility index (Phi) is 4.69. The van der Waals surface area contributed by atoms with Crippen molar-refractivity contribution in [2.24, 2.45) is 5.92 Å². The lowest BCUT2D eigenvalue weighted by atomic mass is 9.85. The molecule has 0 fully saturated rings. The van der Waals surface area contributed by atoms with Crippen LogP contribution in [-0.2, 0) is 4.74 Å². The number of hydrogen-bond donors (Lipinski definition) is 1. The van der Waals surface area contributed by atoms with Crippen LogP contribution in [0, 0.1) is 5.92 Å². The van der Waals surface area contributed by atoms with E-state index in [0.29, 0.717) is 5.92 Å². The van der Waals surface area contributed by atoms with Gasteiger partial charge in [0, 0.05) is 13.7 Å². The number of ether oxygens (including phenoxy) is 1. The Morgan fingerprint density at radius 1 is 1.45 bits per heavy atom. The van der Waals surface area contributed by atoms with Crippen LogP contribution in [0.5, 0.6) is 0 Å². The molecular weight excluding hydrogens is 140 g/mol. The highest BCUT2D eigenvalue weighted by atomic mass is 16.5. The van der Waals surface area contributed by atoms with Crippen molar-refractivity contribution in [1.82, 2.24) is 0 Å². The zero-order chi connectivity index (χ0) is 8.91. The first-order valence-electron chi connectivity index (χ1n) is 4.29. The van der Waals surface area contributed by atoms with Crippen molar-refractivity contribution < 1.29 is 9.84 Å². The van der Waals surface area contributed by atoms with Gasteiger partial charge in [-0.3, -0.25) is 0 Å². The van der Waals surface area contributed by atoms with Crippen LogP contribution in [-0.4, -0.2) is 24.4 Å². The highest BCUT2D eigenvalue weighted by molar-refractivity contribution is 4.81. The van der Waals surface area contributed by atoms with Crippen LogP contribution in [0.25, 0.3) is 0 Å². The first-order chi connectivity index (χ1) is 5.13. The topological polar surface area (TPSA) is 29.5 Å². The standard InChI is InChI=1S/C9H20O2/c1-5-9(11-4,6-7-10)8(2)3/h8,10H,5-7H2,1-4H3. The second-order valence-corrected chi connectivity index (χ2v) is 3.25. The zero-order valence-corrected chi connectivity index (χ0v) is 8.05. The molecule has 2 heteroatoms. The molecule has 0 aliphatic rings. The molecule has 0 amide bonds. The fourth-order valence-corrected chi connectivity index (χ4v) is 1.55. The van der Waals surface area contributed by atoms with E-state index in [-0.39, 0.29) is 12.2 Å². The summed E-state index contributed by atoms with van der Waals surface area (Å²) in [7, 11) is 1.72. The van der Waals surface area contributed by atoms with Gasteiger partial charge in [-0.05, 0) is 18.8 Å². The van der Waals surface area contributed by atoms with Gasteiger partial charge in [0.2, 0.25) is 0 Å². The molecule has 0 radical (unpaired) electrons. The monoisotopic (exact) mass is 160 g/mol. The molecule has 2 nitrogen and oxygen atoms in total. The maximum absolute atomic E-state index is 8.83. The molecule has 0 aliphatic heterocycles. The second-order valence-electron chi connectivity index (χ2n) is 3.25. The summed E-state index contributed by atoms with van der Waals surface area (Å²) in [6, 6.07) is 0. The van der Waals surface area contributed by atoms with Gasteiger partial charge in [-0.1, -0.05) is 20.8 Å². The number of rotatable bonds is 5. The van der Waals surface area contributed by atoms with E-state index in [1.807, 2.05) is 0 Å². The summed E-state index contributed by atoms with van der Waals surface area (Å²) in [6.45, 7) is 6.56. The fourth-order valence-electron chi connectivity index (χ4n) is 1.55. The van der Waals surface area contributed by atoms with Crippen LogP contribution in [0.15, 0.2) is 0 Å². The van der Waals surface area contributed by atoms with Crippen LogP contribution >= 0.6 is 0 Å². The van der Waals surface area contributed by atoms with Crippen LogP contribution in [0.4, 0.5) is 0 Å². The molecule has 0 spiro atoms. The normalized spacial score (nSPS) is 16.9. The number of aliphatic hydroxyl groups is 1. The summed E-state index contributed by atoms with van der Waals surface area (Å²) < 4.78 is 5.43. The maximum Gasteiger partial charge on any atom is 0.0720 e. The van der Waals surface area contributed by atoms with Crippen molar-refractivity contribution in [2.75, 3.05) is 13.7 Å². The average molecular weight is 160 g/mol. The van der Waals surface area contributed by atoms with Crippen molar-refractivity contribution >= 4 is 0 Å². The Morgan fingerprint density at radius 2 is 2.00 bits per heavy atom. The van der Waals surface area contributed by atoms with Gasteiger partial charge in [0.15, 0.2) is 0 Å². The lowest BCUT2D eigenvalue weighted by molar-refractivity contribution is -0.0659. The average Bonchev–Trinajstić information content (AvgIpc) is 2.00. The van der Waals surface area contributed by atoms with Gasteiger partial charge < -0.3 is 9.84 Å². The van der Waals surface area contributed by atoms with E-state index in [2.05, 4.69) is 20.8 Å². The smallest absolute Gasteiger partial charge is 0.0720 e. The van der Waals surface area contributed by atoms with Crippen molar-refractivity contribution in [3.63, 3.8) is 0 Å². The number of aliphatic hydroxyl groups excluding tert-OH is 1. The van der Waals surface area contributed by atoms with Gasteiger partial charge in [0.1, 0.15) is 0 Å². The molecule has 1 unspecified atom stereocenters. The molecule has 0 heterocycles. The molecule has 0 aromatic rings. The van der Waals surface area contributed by atoms with Gasteiger partial charge >= 0.3 is 0 Å². The summed E-state index contributed by atoms with van der Waals surface area (Å²) >= 11 is 0. The molecule has 1 atom stereocenters. The minimum Gasteiger partial charge on any atom is -0.396 e. The first kappa shape index (κ1) is 10.9. The Morgan fingerprint density at radius 3 is 2.09 bits per heavy atom. The van der Waals surface area contributed by atoms with Crippen LogP contribution in [0.1, 0.15) is 33.6 Å². The van der Waals surface area contributed by atoms with E-state index < -0.39 is 0 Å². The van der Waals surface area contributed by atoms with E-state index in [0.717, 1.165) is 12.8 Å². The molecule has 68 valence electrons. The largest absolute Gasteiger partial charge is 0.396 e. The molecule has 11 heavy (non-hydrogen) atoms. The van der Waals surface area contributed by atoms with Crippen LogP contribution in [0.3, 0.4) is 0 Å². The third-order valence-corrected chi connectivity index (χ3v) is 2.59. The molecule has 1 N–H and O–H groups in total. The number of hydrogen-bond acceptors (Lipinski definition) is 2. The first-order valence-corrected chi connectivity index (χ1v) is 4.29. The second kappa shape index (κ2) is 4.73. The molecule has 0 saturated heterocycles. The van der Waals surface area contributed by atoms with Crippen molar-refractivity contribution in [2.45, 2.75) is 39.2 Å². The molecule has 0 aromatic heterocycles. The summed E-state index contributed by atoms with van der Waals surface area (Å²) in [5.74, 6) is 0.463. The van der Waals surface area contributed by atoms with Gasteiger partial charge in [0.05, 0.1) is 5.60 Å². The number of methoxy groups -OCH3 is 1. The Bertz CT molecular complexity index is 95.7. The van der Waals surface area contributed by atoms with E-state index in [9.17, 15) is 0 Å². The predicted molar refractivity (Wildman–Crippen MR) is 46.6 cm³/mol. The minimum absolute atomic E-state index is 0.116. The summed E-state index contributed by atoms with van der Waals surface area (Å²) in [5, 5.41) is 8.83. The van der Waals surface area contributed by atoms with Crippen LogP contribution < -0.4 is 0 Å². The maximum atomic E-state index is 8.83. The summed E-state index contributed by atoms with van der Waals surface area (Å²) in [4.78, 5) is 0. The van der Waals surface area contributed by atoms with Gasteiger partial charge in [-0.25, -0.2) is 0 Å². The molecular formula is C9H20O2. The van der Waals surface area contributed by atoms with Crippen molar-refractivity contribution in [3.8, 4) is 0 Å². The zero-order valence-electron chi connectivity index (χ0n) is 8.05. The quantitative estimate of drug-likeness (QED) is 0.664. The lowest BCUT2D eigenvalue weighted by Crippen LogP contribution is -2.37. The molecule has 0 saturated carbocycles. The Hall–Kier alpha value is -0.0800. The Balaban J connectivity index is 4.20. The Labute approximate surface area is 69.6 Å². The highest BCUT2D eigenvalue weighted by Gasteiger charge is 2.30. The van der Waals surface area contributed by atoms with Crippen molar-refractivity contribution in [1.29, 1.82) is 0 Å². The van der Waals surface area contributed by atoms with E-state index in [1.54, 1.807) is 7.11 Å². The molecule has 0 aliphatic carbocycles. The third kappa shape index (κ3) is 2.46. The van der Waals surface area contributed by atoms with E-state index >= 15 is 0 Å². The fraction of sp³-hybridized carbons (Fsp3) is 1.00. The van der Waals surface area contributed by atoms with E-state index in [4.69, 9.17) is 9.84 Å². The lowest BCUT2D eigenvalue weighted by Gasteiger charge is -2.34. The van der Waals surface area contributed by atoms with Crippen LogP contribution in [0.2, 0.25) is 0 Å². The predicted octanol–water partition coefficient (Wildman–Crippen LogP) is 1.82. The highest BCUT2D eigenvalue weighted by Crippen LogP contribution is 2.28. The molecule has 0 rings (SSSR count). The summed E-state index contributed by atoms with van der Waals surface area (Å²) in [5.41, 5.74) is -0.116. The summed E-state index contributed by atoms with van der Waals surface area (Å²) in [6.07, 6.45) is 1.69. The van der Waals surface area contributed by atoms with Gasteiger partial charge in [-0.2, -0.15) is 0 Å². The SMILES string of the molecule is CCC(CCO)(OC)C(C)C. The minimum atomic E-state index is -0.116. The van der Waals surface area contributed by atoms with E-state index in [1.165, 1.54) is 0 Å². The van der Waals surface area contributed by atoms with Crippen molar-refractivity contribution in [3.05, 3.63) is 0 Å².